The van der Waals surface area contributed by atoms with E-state index in [1.165, 1.54) is 11.3 Å². The molecule has 0 atom stereocenters. The second-order valence-corrected chi connectivity index (χ2v) is 9.38. The van der Waals surface area contributed by atoms with Gasteiger partial charge in [0.2, 0.25) is 16.0 Å². The van der Waals surface area contributed by atoms with Crippen LogP contribution in [0.1, 0.15) is 18.5 Å². The average molecular weight is 403 g/mol. The maximum absolute atomic E-state index is 12.2. The molecule has 6 nitrogen and oxygen atoms in total. The molecule has 0 unspecified atom stereocenters. The van der Waals surface area contributed by atoms with E-state index in [0.717, 1.165) is 29.7 Å². The van der Waals surface area contributed by atoms with Crippen molar-refractivity contribution in [1.82, 2.24) is 14.7 Å². The first-order valence-electron chi connectivity index (χ1n) is 6.86. The molecular formula is C13H15BrN4O2S2. The molecule has 1 saturated heterocycles. The molecule has 0 amide bonds. The Morgan fingerprint density at radius 3 is 2.73 bits per heavy atom. The van der Waals surface area contributed by atoms with Gasteiger partial charge >= 0.3 is 0 Å². The van der Waals surface area contributed by atoms with Crippen LogP contribution in [0.4, 0.5) is 5.95 Å². The molecule has 0 aromatic carbocycles. The summed E-state index contributed by atoms with van der Waals surface area (Å²) < 4.78 is 28.0. The fourth-order valence-electron chi connectivity index (χ4n) is 2.23. The van der Waals surface area contributed by atoms with Gasteiger partial charge in [0.1, 0.15) is 4.21 Å². The Bertz CT molecular complexity index is 757. The lowest BCUT2D eigenvalue weighted by atomic mass is 10.4. The van der Waals surface area contributed by atoms with Crippen molar-refractivity contribution in [2.24, 2.45) is 0 Å². The first-order chi connectivity index (χ1) is 10.5. The molecule has 3 heterocycles. The van der Waals surface area contributed by atoms with Crippen LogP contribution in [-0.2, 0) is 16.6 Å². The number of nitrogens with zero attached hydrogens (tertiary/aromatic N) is 3. The molecule has 0 bridgehead atoms. The van der Waals surface area contributed by atoms with Crippen molar-refractivity contribution >= 4 is 43.2 Å². The number of rotatable bonds is 5. The van der Waals surface area contributed by atoms with Gasteiger partial charge in [-0.1, -0.05) is 0 Å². The number of thiophene rings is 1. The SMILES string of the molecule is O=S(=O)(NCc1ccnc(N2CCCC2)n1)c1ccc(Br)s1. The number of hydrogen-bond acceptors (Lipinski definition) is 6. The molecular weight excluding hydrogens is 388 g/mol. The molecule has 0 radical (unpaired) electrons. The molecule has 9 heteroatoms. The lowest BCUT2D eigenvalue weighted by Crippen LogP contribution is -2.24. The fraction of sp³-hybridized carbons (Fsp3) is 0.385. The Morgan fingerprint density at radius 2 is 2.05 bits per heavy atom. The summed E-state index contributed by atoms with van der Waals surface area (Å²) in [7, 11) is -3.51. The Hall–Kier alpha value is -1.03. The summed E-state index contributed by atoms with van der Waals surface area (Å²) >= 11 is 4.45. The van der Waals surface area contributed by atoms with Crippen molar-refractivity contribution in [2.75, 3.05) is 18.0 Å². The number of nitrogens with one attached hydrogen (secondary N) is 1. The standard InChI is InChI=1S/C13H15BrN4O2S2/c14-11-3-4-12(21-11)22(19,20)16-9-10-5-6-15-13(17-10)18-7-1-2-8-18/h3-6,16H,1-2,7-9H2. The van der Waals surface area contributed by atoms with Crippen molar-refractivity contribution in [2.45, 2.75) is 23.6 Å². The van der Waals surface area contributed by atoms with Gasteiger partial charge in [0.15, 0.2) is 0 Å². The number of sulfonamides is 1. The molecule has 118 valence electrons. The van der Waals surface area contributed by atoms with Gasteiger partial charge in [-0.05, 0) is 47.0 Å². The van der Waals surface area contributed by atoms with Gasteiger partial charge in [0.25, 0.3) is 0 Å². The van der Waals surface area contributed by atoms with Gasteiger partial charge in [-0.2, -0.15) is 0 Å². The number of aromatic nitrogens is 2. The van der Waals surface area contributed by atoms with Crippen LogP contribution in [0.5, 0.6) is 0 Å². The zero-order valence-electron chi connectivity index (χ0n) is 11.7. The zero-order valence-corrected chi connectivity index (χ0v) is 14.9. The minimum Gasteiger partial charge on any atom is -0.341 e. The molecule has 0 saturated carbocycles. The van der Waals surface area contributed by atoms with Crippen LogP contribution >= 0.6 is 27.3 Å². The smallest absolute Gasteiger partial charge is 0.250 e. The van der Waals surface area contributed by atoms with E-state index in [1.54, 1.807) is 24.4 Å². The molecule has 2 aromatic heterocycles. The highest BCUT2D eigenvalue weighted by molar-refractivity contribution is 9.11. The molecule has 2 aromatic rings. The lowest BCUT2D eigenvalue weighted by molar-refractivity contribution is 0.582. The summed E-state index contributed by atoms with van der Waals surface area (Å²) in [5, 5.41) is 0. The topological polar surface area (TPSA) is 75.2 Å². The number of halogens is 1. The normalized spacial score (nSPS) is 15.4. The van der Waals surface area contributed by atoms with Gasteiger partial charge in [0.05, 0.1) is 16.0 Å². The molecule has 0 spiro atoms. The molecule has 3 rings (SSSR count). The van der Waals surface area contributed by atoms with Crippen molar-refractivity contribution in [3.8, 4) is 0 Å². The molecule has 1 fully saturated rings. The van der Waals surface area contributed by atoms with Crippen molar-refractivity contribution < 1.29 is 8.42 Å². The molecule has 1 aliphatic rings. The largest absolute Gasteiger partial charge is 0.341 e. The third-order valence-corrected chi connectivity index (χ3v) is 6.86. The van der Waals surface area contributed by atoms with Gasteiger partial charge in [0, 0.05) is 19.3 Å². The summed E-state index contributed by atoms with van der Waals surface area (Å²) in [6.45, 7) is 2.07. The highest BCUT2D eigenvalue weighted by atomic mass is 79.9. The van der Waals surface area contributed by atoms with Crippen molar-refractivity contribution in [3.63, 3.8) is 0 Å². The summed E-state index contributed by atoms with van der Waals surface area (Å²) in [6.07, 6.45) is 3.97. The number of anilines is 1. The minimum atomic E-state index is -3.51. The summed E-state index contributed by atoms with van der Waals surface area (Å²) in [6, 6.07) is 5.02. The maximum Gasteiger partial charge on any atom is 0.250 e. The Kier molecular flexibility index (Phi) is 4.76. The van der Waals surface area contributed by atoms with E-state index < -0.39 is 10.0 Å². The first-order valence-corrected chi connectivity index (χ1v) is 9.96. The Balaban J connectivity index is 1.69. The van der Waals surface area contributed by atoms with E-state index >= 15 is 0 Å². The monoisotopic (exact) mass is 402 g/mol. The molecule has 1 N–H and O–H groups in total. The average Bonchev–Trinajstić information content (AvgIpc) is 3.17. The molecule has 22 heavy (non-hydrogen) atoms. The lowest BCUT2D eigenvalue weighted by Gasteiger charge is -2.15. The second kappa shape index (κ2) is 6.61. The van der Waals surface area contributed by atoms with E-state index in [9.17, 15) is 8.42 Å². The van der Waals surface area contributed by atoms with Gasteiger partial charge in [-0.25, -0.2) is 23.1 Å². The van der Waals surface area contributed by atoms with Crippen LogP contribution in [0.2, 0.25) is 0 Å². The highest BCUT2D eigenvalue weighted by Crippen LogP contribution is 2.25. The van der Waals surface area contributed by atoms with E-state index in [1.807, 2.05) is 0 Å². The van der Waals surface area contributed by atoms with E-state index in [0.29, 0.717) is 11.6 Å². The van der Waals surface area contributed by atoms with Gasteiger partial charge in [-0.3, -0.25) is 0 Å². The maximum atomic E-state index is 12.2. The van der Waals surface area contributed by atoms with Crippen LogP contribution in [0, 0.1) is 0 Å². The van der Waals surface area contributed by atoms with Crippen LogP contribution in [-0.4, -0.2) is 31.5 Å². The Labute approximate surface area is 141 Å². The predicted octanol–water partition coefficient (Wildman–Crippen LogP) is 2.38. The minimum absolute atomic E-state index is 0.154. The van der Waals surface area contributed by atoms with E-state index in [4.69, 9.17) is 0 Å². The van der Waals surface area contributed by atoms with Gasteiger partial charge < -0.3 is 4.90 Å². The third kappa shape index (κ3) is 3.65. The summed E-state index contributed by atoms with van der Waals surface area (Å²) in [5.74, 6) is 0.674. The van der Waals surface area contributed by atoms with Crippen molar-refractivity contribution in [3.05, 3.63) is 33.9 Å². The van der Waals surface area contributed by atoms with Crippen LogP contribution in [0.3, 0.4) is 0 Å². The summed E-state index contributed by atoms with van der Waals surface area (Å²) in [5.41, 5.74) is 0.663. The van der Waals surface area contributed by atoms with Crippen LogP contribution < -0.4 is 9.62 Å². The predicted molar refractivity (Wildman–Crippen MR) is 89.5 cm³/mol. The fourth-order valence-corrected chi connectivity index (χ4v) is 5.29. The quantitative estimate of drug-likeness (QED) is 0.830. The summed E-state index contributed by atoms with van der Waals surface area (Å²) in [4.78, 5) is 10.8. The van der Waals surface area contributed by atoms with Gasteiger partial charge in [-0.15, -0.1) is 11.3 Å². The molecule has 0 aliphatic carbocycles. The first kappa shape index (κ1) is 15.9. The van der Waals surface area contributed by atoms with Crippen LogP contribution in [0.25, 0.3) is 0 Å². The second-order valence-electron chi connectivity index (χ2n) is 4.93. The van der Waals surface area contributed by atoms with Crippen LogP contribution in [0.15, 0.2) is 32.4 Å². The highest BCUT2D eigenvalue weighted by Gasteiger charge is 2.18. The van der Waals surface area contributed by atoms with E-state index in [2.05, 4.69) is 35.5 Å². The zero-order chi connectivity index (χ0) is 15.6. The molecule has 1 aliphatic heterocycles. The number of hydrogen-bond donors (Lipinski definition) is 1. The van der Waals surface area contributed by atoms with E-state index in [-0.39, 0.29) is 10.8 Å². The van der Waals surface area contributed by atoms with Crippen molar-refractivity contribution in [1.29, 1.82) is 0 Å². The third-order valence-electron chi connectivity index (χ3n) is 3.35. The Morgan fingerprint density at radius 1 is 1.27 bits per heavy atom.